The van der Waals surface area contributed by atoms with Gasteiger partial charge in [-0.3, -0.25) is 14.4 Å². The van der Waals surface area contributed by atoms with Crippen molar-refractivity contribution in [1.82, 2.24) is 14.7 Å². The fraction of sp³-hybridized carbons (Fsp3) is 0.500. The minimum atomic E-state index is 0.000248. The summed E-state index contributed by atoms with van der Waals surface area (Å²) in [5, 5.41) is 7.13. The van der Waals surface area contributed by atoms with E-state index >= 15 is 0 Å². The second-order valence-electron chi connectivity index (χ2n) is 8.00. The van der Waals surface area contributed by atoms with E-state index in [0.717, 1.165) is 24.3 Å². The Morgan fingerprint density at radius 3 is 2.48 bits per heavy atom. The van der Waals surface area contributed by atoms with Gasteiger partial charge in [-0.25, -0.2) is 0 Å². The number of hydrogen-bond donors (Lipinski definition) is 1. The third-order valence-corrected chi connectivity index (χ3v) is 5.70. The number of aryl methyl sites for hydroxylation is 1. The zero-order chi connectivity index (χ0) is 18.2. The summed E-state index contributed by atoms with van der Waals surface area (Å²) in [6.07, 6.45) is 2.85. The van der Waals surface area contributed by atoms with E-state index in [0.29, 0.717) is 6.54 Å². The SMILES string of the molecule is Cc1c(NC(=O)CN(C)C[C@]2(c3ccccc3)CC2(C)C)cnn1C. The minimum Gasteiger partial charge on any atom is -0.322 e. The Morgan fingerprint density at radius 2 is 1.96 bits per heavy atom. The maximum atomic E-state index is 12.4. The molecule has 3 rings (SSSR count). The largest absolute Gasteiger partial charge is 0.322 e. The Bertz CT molecular complexity index is 765. The maximum Gasteiger partial charge on any atom is 0.238 e. The molecule has 0 spiro atoms. The van der Waals surface area contributed by atoms with E-state index in [1.54, 1.807) is 10.9 Å². The number of anilines is 1. The molecule has 1 atom stereocenters. The lowest BCUT2D eigenvalue weighted by atomic mass is 9.87. The number of nitrogens with one attached hydrogen (secondary N) is 1. The summed E-state index contributed by atoms with van der Waals surface area (Å²) in [4.78, 5) is 14.5. The molecule has 0 unspecified atom stereocenters. The Kier molecular flexibility index (Phi) is 4.45. The van der Waals surface area contributed by atoms with Crippen LogP contribution in [0.2, 0.25) is 0 Å². The highest BCUT2D eigenvalue weighted by Gasteiger charge is 2.61. The molecule has 1 amide bonds. The van der Waals surface area contributed by atoms with Crippen LogP contribution in [0.5, 0.6) is 0 Å². The van der Waals surface area contributed by atoms with Gasteiger partial charge in [-0.15, -0.1) is 0 Å². The number of carbonyl (C=O) groups excluding carboxylic acids is 1. The van der Waals surface area contributed by atoms with Gasteiger partial charge in [0, 0.05) is 19.0 Å². The number of benzene rings is 1. The second kappa shape index (κ2) is 6.30. The van der Waals surface area contributed by atoms with Gasteiger partial charge in [0.15, 0.2) is 0 Å². The predicted molar refractivity (Wildman–Crippen MR) is 101 cm³/mol. The summed E-state index contributed by atoms with van der Waals surface area (Å²) < 4.78 is 1.76. The highest BCUT2D eigenvalue weighted by molar-refractivity contribution is 5.92. The molecule has 1 aromatic carbocycles. The first kappa shape index (κ1) is 17.7. The van der Waals surface area contributed by atoms with Gasteiger partial charge in [0.2, 0.25) is 5.91 Å². The van der Waals surface area contributed by atoms with Crippen LogP contribution in [-0.2, 0) is 17.3 Å². The molecule has 1 aliphatic carbocycles. The van der Waals surface area contributed by atoms with E-state index in [9.17, 15) is 4.79 Å². The van der Waals surface area contributed by atoms with Gasteiger partial charge in [-0.2, -0.15) is 5.10 Å². The molecule has 134 valence electrons. The summed E-state index contributed by atoms with van der Waals surface area (Å²) in [6.45, 7) is 7.83. The number of aromatic nitrogens is 2. The van der Waals surface area contributed by atoms with Crippen molar-refractivity contribution in [3.8, 4) is 0 Å². The van der Waals surface area contributed by atoms with Crippen molar-refractivity contribution in [3.05, 3.63) is 47.8 Å². The van der Waals surface area contributed by atoms with E-state index in [4.69, 9.17) is 0 Å². The van der Waals surface area contributed by atoms with E-state index in [2.05, 4.69) is 59.5 Å². The van der Waals surface area contributed by atoms with Crippen LogP contribution in [0.25, 0.3) is 0 Å². The molecule has 1 aromatic heterocycles. The zero-order valence-corrected chi connectivity index (χ0v) is 15.8. The second-order valence-corrected chi connectivity index (χ2v) is 8.00. The molecule has 0 bridgehead atoms. The topological polar surface area (TPSA) is 50.2 Å². The van der Waals surface area contributed by atoms with Gasteiger partial charge in [-0.05, 0) is 31.4 Å². The third kappa shape index (κ3) is 3.33. The fourth-order valence-corrected chi connectivity index (χ4v) is 3.89. The van der Waals surface area contributed by atoms with Crippen LogP contribution < -0.4 is 5.32 Å². The summed E-state index contributed by atoms with van der Waals surface area (Å²) in [6, 6.07) is 10.7. The summed E-state index contributed by atoms with van der Waals surface area (Å²) in [5.41, 5.74) is 3.51. The molecule has 25 heavy (non-hydrogen) atoms. The lowest BCUT2D eigenvalue weighted by molar-refractivity contribution is -0.117. The van der Waals surface area contributed by atoms with Crippen molar-refractivity contribution >= 4 is 11.6 Å². The Labute approximate surface area is 150 Å². The molecular formula is C20H28N4O. The van der Waals surface area contributed by atoms with Crippen molar-refractivity contribution in [2.45, 2.75) is 32.6 Å². The van der Waals surface area contributed by atoms with Crippen LogP contribution in [-0.4, -0.2) is 40.7 Å². The van der Waals surface area contributed by atoms with Gasteiger partial charge >= 0.3 is 0 Å². The lowest BCUT2D eigenvalue weighted by Crippen LogP contribution is -2.37. The molecule has 5 nitrogen and oxygen atoms in total. The van der Waals surface area contributed by atoms with Crippen LogP contribution in [0.1, 0.15) is 31.5 Å². The fourth-order valence-electron chi connectivity index (χ4n) is 3.89. The minimum absolute atomic E-state index is 0.000248. The maximum absolute atomic E-state index is 12.4. The summed E-state index contributed by atoms with van der Waals surface area (Å²) in [7, 11) is 3.89. The van der Waals surface area contributed by atoms with Gasteiger partial charge in [0.1, 0.15) is 0 Å². The first-order valence-corrected chi connectivity index (χ1v) is 8.78. The summed E-state index contributed by atoms with van der Waals surface area (Å²) >= 11 is 0. The average Bonchev–Trinajstić information content (AvgIpc) is 2.98. The van der Waals surface area contributed by atoms with E-state index in [-0.39, 0.29) is 16.7 Å². The van der Waals surface area contributed by atoms with Crippen molar-refractivity contribution in [2.24, 2.45) is 12.5 Å². The van der Waals surface area contributed by atoms with Crippen LogP contribution in [0.15, 0.2) is 36.5 Å². The Morgan fingerprint density at radius 1 is 1.32 bits per heavy atom. The molecule has 2 aromatic rings. The quantitative estimate of drug-likeness (QED) is 0.879. The highest BCUT2D eigenvalue weighted by atomic mass is 16.2. The van der Waals surface area contributed by atoms with Gasteiger partial charge in [-0.1, -0.05) is 44.2 Å². The molecule has 1 saturated carbocycles. The van der Waals surface area contributed by atoms with Crippen molar-refractivity contribution in [2.75, 3.05) is 25.5 Å². The average molecular weight is 340 g/mol. The Hall–Kier alpha value is -2.14. The van der Waals surface area contributed by atoms with Crippen LogP contribution in [0, 0.1) is 12.3 Å². The predicted octanol–water partition coefficient (Wildman–Crippen LogP) is 2.97. The molecule has 1 fully saturated rings. The van der Waals surface area contributed by atoms with E-state index in [1.807, 2.05) is 21.0 Å². The van der Waals surface area contributed by atoms with Crippen LogP contribution in [0.3, 0.4) is 0 Å². The Balaban J connectivity index is 1.64. The first-order chi connectivity index (χ1) is 11.7. The lowest BCUT2D eigenvalue weighted by Gasteiger charge is -2.27. The van der Waals surface area contributed by atoms with Crippen LogP contribution >= 0.6 is 0 Å². The zero-order valence-electron chi connectivity index (χ0n) is 15.8. The van der Waals surface area contributed by atoms with Crippen molar-refractivity contribution in [1.29, 1.82) is 0 Å². The number of nitrogens with zero attached hydrogens (tertiary/aromatic N) is 3. The smallest absolute Gasteiger partial charge is 0.238 e. The van der Waals surface area contributed by atoms with Gasteiger partial charge in [0.25, 0.3) is 0 Å². The number of hydrogen-bond acceptors (Lipinski definition) is 3. The molecule has 1 aliphatic rings. The molecule has 5 heteroatoms. The highest BCUT2D eigenvalue weighted by Crippen LogP contribution is 2.64. The summed E-state index contributed by atoms with van der Waals surface area (Å²) in [5.74, 6) is 0.000248. The molecule has 0 aliphatic heterocycles. The van der Waals surface area contributed by atoms with Crippen molar-refractivity contribution in [3.63, 3.8) is 0 Å². The normalized spacial score (nSPS) is 21.4. The van der Waals surface area contributed by atoms with Gasteiger partial charge in [0.05, 0.1) is 24.1 Å². The number of carbonyl (C=O) groups is 1. The van der Waals surface area contributed by atoms with Crippen molar-refractivity contribution < 1.29 is 4.79 Å². The number of likely N-dealkylation sites (N-methyl/N-ethyl adjacent to an activating group) is 1. The van der Waals surface area contributed by atoms with Crippen LogP contribution in [0.4, 0.5) is 5.69 Å². The van der Waals surface area contributed by atoms with Gasteiger partial charge < -0.3 is 5.32 Å². The van der Waals surface area contributed by atoms with E-state index in [1.165, 1.54) is 5.56 Å². The standard InChI is InChI=1S/C20H28N4O/c1-15-17(11-21-24(15)5)22-18(25)12-23(4)14-20(13-19(20,2)3)16-9-7-6-8-10-16/h6-11H,12-14H2,1-5H3,(H,22,25)/t20-/m0/s1. The van der Waals surface area contributed by atoms with E-state index < -0.39 is 0 Å². The molecular weight excluding hydrogens is 312 g/mol. The first-order valence-electron chi connectivity index (χ1n) is 8.78. The molecule has 1 N–H and O–H groups in total. The molecule has 0 saturated heterocycles. The molecule has 1 heterocycles. The number of amides is 1. The monoisotopic (exact) mass is 340 g/mol. The number of rotatable bonds is 6. The third-order valence-electron chi connectivity index (χ3n) is 5.70. The molecule has 0 radical (unpaired) electrons.